The molecule has 6 nitrogen and oxygen atoms in total. The highest BCUT2D eigenvalue weighted by Crippen LogP contribution is 2.03. The molecule has 2 aromatic rings. The molecule has 0 fully saturated rings. The Morgan fingerprint density at radius 1 is 1.24 bits per heavy atom. The second kappa shape index (κ2) is 8.16. The molecular weight excluding hydrogens is 266 g/mol. The SMILES string of the molecule is CCCNC(=O)CCNCc1cnn(-c2ccccc2)n1. The molecule has 6 heteroatoms. The summed E-state index contributed by atoms with van der Waals surface area (Å²) in [6, 6.07) is 9.76. The summed E-state index contributed by atoms with van der Waals surface area (Å²) in [5.41, 5.74) is 1.79. The Kier molecular flexibility index (Phi) is 5.90. The molecule has 1 aromatic heterocycles. The maximum atomic E-state index is 11.4. The third-order valence-corrected chi connectivity index (χ3v) is 2.93. The minimum absolute atomic E-state index is 0.0808. The maximum Gasteiger partial charge on any atom is 0.221 e. The molecule has 0 aliphatic heterocycles. The quantitative estimate of drug-likeness (QED) is 0.717. The molecule has 0 aliphatic rings. The van der Waals surface area contributed by atoms with E-state index in [2.05, 4.69) is 20.8 Å². The fourth-order valence-electron chi connectivity index (χ4n) is 1.83. The first-order chi connectivity index (χ1) is 10.3. The van der Waals surface area contributed by atoms with E-state index in [1.165, 1.54) is 0 Å². The van der Waals surface area contributed by atoms with E-state index in [0.717, 1.165) is 24.3 Å². The van der Waals surface area contributed by atoms with Crippen LogP contribution in [0.4, 0.5) is 0 Å². The van der Waals surface area contributed by atoms with Crippen LogP contribution in [0.5, 0.6) is 0 Å². The lowest BCUT2D eigenvalue weighted by molar-refractivity contribution is -0.120. The number of rotatable bonds is 8. The van der Waals surface area contributed by atoms with Gasteiger partial charge in [0.1, 0.15) is 0 Å². The Hall–Kier alpha value is -2.21. The predicted octanol–water partition coefficient (Wildman–Crippen LogP) is 1.27. The Labute approximate surface area is 124 Å². The molecule has 0 saturated carbocycles. The van der Waals surface area contributed by atoms with Gasteiger partial charge < -0.3 is 10.6 Å². The fraction of sp³-hybridized carbons (Fsp3) is 0.400. The average Bonchev–Trinajstić information content (AvgIpc) is 2.99. The van der Waals surface area contributed by atoms with Crippen LogP contribution < -0.4 is 10.6 Å². The Morgan fingerprint density at radius 2 is 2.05 bits per heavy atom. The molecule has 0 bridgehead atoms. The number of amides is 1. The largest absolute Gasteiger partial charge is 0.356 e. The highest BCUT2D eigenvalue weighted by molar-refractivity contribution is 5.75. The van der Waals surface area contributed by atoms with E-state index < -0.39 is 0 Å². The monoisotopic (exact) mass is 287 g/mol. The Morgan fingerprint density at radius 3 is 2.81 bits per heavy atom. The molecule has 2 N–H and O–H groups in total. The number of aromatic nitrogens is 3. The van der Waals surface area contributed by atoms with Gasteiger partial charge >= 0.3 is 0 Å². The van der Waals surface area contributed by atoms with Gasteiger partial charge in [-0.25, -0.2) is 0 Å². The first kappa shape index (κ1) is 15.2. The van der Waals surface area contributed by atoms with Crippen molar-refractivity contribution in [3.05, 3.63) is 42.2 Å². The van der Waals surface area contributed by atoms with Gasteiger partial charge in [-0.1, -0.05) is 25.1 Å². The van der Waals surface area contributed by atoms with Crippen LogP contribution >= 0.6 is 0 Å². The number of para-hydroxylation sites is 1. The van der Waals surface area contributed by atoms with Crippen molar-refractivity contribution < 1.29 is 4.79 Å². The van der Waals surface area contributed by atoms with Crippen LogP contribution in [-0.2, 0) is 11.3 Å². The first-order valence-electron chi connectivity index (χ1n) is 7.23. The zero-order valence-corrected chi connectivity index (χ0v) is 12.2. The molecule has 1 amide bonds. The van der Waals surface area contributed by atoms with Crippen molar-refractivity contribution in [2.24, 2.45) is 0 Å². The first-order valence-corrected chi connectivity index (χ1v) is 7.23. The molecule has 112 valence electrons. The van der Waals surface area contributed by atoms with Gasteiger partial charge in [-0.15, -0.1) is 0 Å². The number of carbonyl (C=O) groups is 1. The van der Waals surface area contributed by atoms with Crippen LogP contribution in [0.2, 0.25) is 0 Å². The Balaban J connectivity index is 1.72. The molecule has 2 rings (SSSR count). The molecule has 0 saturated heterocycles. The normalized spacial score (nSPS) is 10.5. The lowest BCUT2D eigenvalue weighted by atomic mass is 10.3. The van der Waals surface area contributed by atoms with Gasteiger partial charge in [0.2, 0.25) is 5.91 Å². The minimum Gasteiger partial charge on any atom is -0.356 e. The molecule has 1 aromatic carbocycles. The van der Waals surface area contributed by atoms with Crippen molar-refractivity contribution in [3.63, 3.8) is 0 Å². The van der Waals surface area contributed by atoms with Crippen LogP contribution in [0.25, 0.3) is 5.69 Å². The molecule has 0 spiro atoms. The van der Waals surface area contributed by atoms with E-state index in [0.29, 0.717) is 19.5 Å². The number of nitrogens with zero attached hydrogens (tertiary/aromatic N) is 3. The Bertz CT molecular complexity index is 552. The van der Waals surface area contributed by atoms with Crippen molar-refractivity contribution in [3.8, 4) is 5.69 Å². The molecule has 0 radical (unpaired) electrons. The number of benzene rings is 1. The van der Waals surface area contributed by atoms with Crippen LogP contribution in [0.15, 0.2) is 36.5 Å². The van der Waals surface area contributed by atoms with Crippen molar-refractivity contribution in [2.75, 3.05) is 13.1 Å². The van der Waals surface area contributed by atoms with Gasteiger partial charge in [-0.05, 0) is 18.6 Å². The summed E-state index contributed by atoms with van der Waals surface area (Å²) in [5, 5.41) is 14.7. The van der Waals surface area contributed by atoms with Crippen molar-refractivity contribution in [2.45, 2.75) is 26.3 Å². The van der Waals surface area contributed by atoms with Gasteiger partial charge in [-0.2, -0.15) is 15.0 Å². The summed E-state index contributed by atoms with van der Waals surface area (Å²) in [5.74, 6) is 0.0808. The third kappa shape index (κ3) is 5.00. The average molecular weight is 287 g/mol. The highest BCUT2D eigenvalue weighted by atomic mass is 16.1. The zero-order valence-electron chi connectivity index (χ0n) is 12.2. The molecule has 0 atom stereocenters. The number of hydrogen-bond acceptors (Lipinski definition) is 4. The van der Waals surface area contributed by atoms with Crippen LogP contribution in [-0.4, -0.2) is 34.0 Å². The highest BCUT2D eigenvalue weighted by Gasteiger charge is 2.03. The third-order valence-electron chi connectivity index (χ3n) is 2.93. The van der Waals surface area contributed by atoms with Gasteiger partial charge in [0.05, 0.1) is 17.6 Å². The molecule has 0 unspecified atom stereocenters. The predicted molar refractivity (Wildman–Crippen MR) is 81.0 cm³/mol. The smallest absolute Gasteiger partial charge is 0.221 e. The zero-order chi connectivity index (χ0) is 14.9. The van der Waals surface area contributed by atoms with E-state index in [9.17, 15) is 4.79 Å². The lowest BCUT2D eigenvalue weighted by Crippen LogP contribution is -2.28. The van der Waals surface area contributed by atoms with Gasteiger partial charge in [0.15, 0.2) is 0 Å². The molecule has 0 aliphatic carbocycles. The summed E-state index contributed by atoms with van der Waals surface area (Å²) in [4.78, 5) is 13.0. The van der Waals surface area contributed by atoms with Crippen LogP contribution in [0.1, 0.15) is 25.5 Å². The minimum atomic E-state index is 0.0808. The van der Waals surface area contributed by atoms with E-state index in [4.69, 9.17) is 0 Å². The second-order valence-corrected chi connectivity index (χ2v) is 4.74. The summed E-state index contributed by atoms with van der Waals surface area (Å²) >= 11 is 0. The van der Waals surface area contributed by atoms with Crippen molar-refractivity contribution >= 4 is 5.91 Å². The van der Waals surface area contributed by atoms with Crippen LogP contribution in [0.3, 0.4) is 0 Å². The number of hydrogen-bond donors (Lipinski definition) is 2. The summed E-state index contributed by atoms with van der Waals surface area (Å²) in [6.45, 7) is 4.01. The second-order valence-electron chi connectivity index (χ2n) is 4.74. The van der Waals surface area contributed by atoms with Gasteiger partial charge in [-0.3, -0.25) is 4.79 Å². The van der Waals surface area contributed by atoms with Crippen molar-refractivity contribution in [1.82, 2.24) is 25.6 Å². The van der Waals surface area contributed by atoms with E-state index >= 15 is 0 Å². The maximum absolute atomic E-state index is 11.4. The number of nitrogens with one attached hydrogen (secondary N) is 2. The number of carbonyl (C=O) groups excluding carboxylic acids is 1. The summed E-state index contributed by atoms with van der Waals surface area (Å²) < 4.78 is 0. The summed E-state index contributed by atoms with van der Waals surface area (Å²) in [6.07, 6.45) is 3.17. The molecule has 21 heavy (non-hydrogen) atoms. The topological polar surface area (TPSA) is 71.8 Å². The van der Waals surface area contributed by atoms with Gasteiger partial charge in [0, 0.05) is 26.1 Å². The van der Waals surface area contributed by atoms with E-state index in [-0.39, 0.29) is 5.91 Å². The van der Waals surface area contributed by atoms with Crippen LogP contribution in [0, 0.1) is 0 Å². The molecule has 1 heterocycles. The van der Waals surface area contributed by atoms with Gasteiger partial charge in [0.25, 0.3) is 0 Å². The lowest BCUT2D eigenvalue weighted by Gasteiger charge is -2.04. The van der Waals surface area contributed by atoms with E-state index in [1.54, 1.807) is 11.0 Å². The summed E-state index contributed by atoms with van der Waals surface area (Å²) in [7, 11) is 0. The molecular formula is C15H21N5O. The standard InChI is InChI=1S/C15H21N5O/c1-2-9-17-15(21)8-10-16-11-13-12-18-20(19-13)14-6-4-3-5-7-14/h3-7,12,16H,2,8-11H2,1H3,(H,17,21). The fourth-order valence-corrected chi connectivity index (χ4v) is 1.83. The van der Waals surface area contributed by atoms with E-state index in [1.807, 2.05) is 37.3 Å². The van der Waals surface area contributed by atoms with Crippen molar-refractivity contribution in [1.29, 1.82) is 0 Å².